The molecular weight excluding hydrogens is 292 g/mol. The Kier molecular flexibility index (Phi) is 5.49. The minimum absolute atomic E-state index is 0.0119. The van der Waals surface area contributed by atoms with Crippen molar-refractivity contribution in [2.45, 2.75) is 37.6 Å². The maximum atomic E-state index is 12.2. The molecule has 0 bridgehead atoms. The summed E-state index contributed by atoms with van der Waals surface area (Å²) in [6, 6.07) is 4.51. The molecule has 0 spiro atoms. The van der Waals surface area contributed by atoms with Gasteiger partial charge in [-0.3, -0.25) is 4.79 Å². The highest BCUT2D eigenvalue weighted by molar-refractivity contribution is 7.89. The fraction of sp³-hybridized carbons (Fsp3) is 0.500. The Hall–Kier alpha value is -1.44. The van der Waals surface area contributed by atoms with Gasteiger partial charge in [0.15, 0.2) is 0 Å². The summed E-state index contributed by atoms with van der Waals surface area (Å²) in [4.78, 5) is 12.2. The van der Waals surface area contributed by atoms with E-state index >= 15 is 0 Å². The van der Waals surface area contributed by atoms with Crippen LogP contribution in [0.5, 0.6) is 0 Å². The van der Waals surface area contributed by atoms with Gasteiger partial charge < -0.3 is 10.1 Å². The molecule has 6 nitrogen and oxygen atoms in total. The van der Waals surface area contributed by atoms with Crippen molar-refractivity contribution < 1.29 is 17.9 Å². The Morgan fingerprint density at radius 1 is 1.38 bits per heavy atom. The van der Waals surface area contributed by atoms with E-state index in [1.54, 1.807) is 19.2 Å². The molecule has 0 aliphatic rings. The number of benzene rings is 1. The fourth-order valence-electron chi connectivity index (χ4n) is 2.03. The number of rotatable bonds is 6. The molecule has 0 fully saturated rings. The van der Waals surface area contributed by atoms with Crippen LogP contribution in [-0.2, 0) is 21.2 Å². The van der Waals surface area contributed by atoms with Crippen LogP contribution in [0.15, 0.2) is 23.1 Å². The molecule has 7 heteroatoms. The number of hydrogen-bond donors (Lipinski definition) is 2. The van der Waals surface area contributed by atoms with E-state index < -0.39 is 15.6 Å². The van der Waals surface area contributed by atoms with Crippen LogP contribution in [0.2, 0.25) is 0 Å². The fourth-order valence-corrected chi connectivity index (χ4v) is 2.90. The van der Waals surface area contributed by atoms with E-state index in [1.807, 2.05) is 20.8 Å². The van der Waals surface area contributed by atoms with Crippen molar-refractivity contribution in [1.29, 1.82) is 0 Å². The summed E-state index contributed by atoms with van der Waals surface area (Å²) < 4.78 is 28.2. The van der Waals surface area contributed by atoms with Crippen LogP contribution in [0.3, 0.4) is 0 Å². The lowest BCUT2D eigenvalue weighted by molar-refractivity contribution is 0.0820. The minimum Gasteiger partial charge on any atom is -0.382 e. The zero-order valence-electron chi connectivity index (χ0n) is 12.8. The summed E-state index contributed by atoms with van der Waals surface area (Å²) in [5.74, 6) is -0.371. The number of primary sulfonamides is 1. The van der Waals surface area contributed by atoms with Gasteiger partial charge in [0, 0.05) is 12.7 Å². The van der Waals surface area contributed by atoms with E-state index in [0.717, 1.165) is 0 Å². The number of amides is 1. The third-order valence-corrected chi connectivity index (χ3v) is 3.97. The van der Waals surface area contributed by atoms with Gasteiger partial charge >= 0.3 is 0 Å². The maximum Gasteiger partial charge on any atom is 0.251 e. The van der Waals surface area contributed by atoms with Gasteiger partial charge in [0.05, 0.1) is 17.0 Å². The third-order valence-electron chi connectivity index (χ3n) is 2.97. The monoisotopic (exact) mass is 314 g/mol. The standard InChI is InChI=1S/C14H22N2O4S/c1-5-10-6-7-11(8-12(10)21(15,18)19)13(17)16-14(2,3)9-20-4/h6-8H,5,9H2,1-4H3,(H,16,17)(H2,15,18,19). The molecule has 1 rings (SSSR count). The smallest absolute Gasteiger partial charge is 0.251 e. The van der Waals surface area contributed by atoms with Gasteiger partial charge in [-0.1, -0.05) is 13.0 Å². The number of nitrogens with one attached hydrogen (secondary N) is 1. The van der Waals surface area contributed by atoms with Crippen molar-refractivity contribution >= 4 is 15.9 Å². The highest BCUT2D eigenvalue weighted by atomic mass is 32.2. The van der Waals surface area contributed by atoms with Crippen molar-refractivity contribution in [2.24, 2.45) is 5.14 Å². The van der Waals surface area contributed by atoms with E-state index in [9.17, 15) is 13.2 Å². The molecule has 0 aliphatic heterocycles. The highest BCUT2D eigenvalue weighted by Gasteiger charge is 2.22. The normalized spacial score (nSPS) is 12.2. The minimum atomic E-state index is -3.86. The summed E-state index contributed by atoms with van der Waals surface area (Å²) in [6.45, 7) is 5.80. The first-order valence-corrected chi connectivity index (χ1v) is 8.12. The quantitative estimate of drug-likeness (QED) is 0.820. The SMILES string of the molecule is CCc1ccc(C(=O)NC(C)(C)COC)cc1S(N)(=O)=O. The van der Waals surface area contributed by atoms with Crippen molar-refractivity contribution in [3.63, 3.8) is 0 Å². The van der Waals surface area contributed by atoms with Gasteiger partial charge in [0.2, 0.25) is 10.0 Å². The van der Waals surface area contributed by atoms with E-state index in [0.29, 0.717) is 18.6 Å². The first kappa shape index (κ1) is 17.6. The Bertz CT molecular complexity index is 624. The lowest BCUT2D eigenvalue weighted by Gasteiger charge is -2.25. The molecule has 0 saturated heterocycles. The second kappa shape index (κ2) is 6.55. The summed E-state index contributed by atoms with van der Waals surface area (Å²) in [7, 11) is -2.32. The average Bonchev–Trinajstić information content (AvgIpc) is 2.36. The van der Waals surface area contributed by atoms with E-state index in [1.165, 1.54) is 6.07 Å². The Morgan fingerprint density at radius 3 is 2.48 bits per heavy atom. The van der Waals surface area contributed by atoms with Crippen LogP contribution in [0, 0.1) is 0 Å². The number of methoxy groups -OCH3 is 1. The molecule has 21 heavy (non-hydrogen) atoms. The maximum absolute atomic E-state index is 12.2. The molecule has 1 aromatic carbocycles. The van der Waals surface area contributed by atoms with Gasteiger partial charge in [-0.2, -0.15) is 0 Å². The molecule has 0 heterocycles. The van der Waals surface area contributed by atoms with Crippen molar-refractivity contribution in [1.82, 2.24) is 5.32 Å². The topological polar surface area (TPSA) is 98.5 Å². The van der Waals surface area contributed by atoms with E-state index in [4.69, 9.17) is 9.88 Å². The Balaban J connectivity index is 3.13. The number of hydrogen-bond acceptors (Lipinski definition) is 4. The highest BCUT2D eigenvalue weighted by Crippen LogP contribution is 2.18. The third kappa shape index (κ3) is 4.80. The van der Waals surface area contributed by atoms with Crippen molar-refractivity contribution in [3.05, 3.63) is 29.3 Å². The van der Waals surface area contributed by atoms with Crippen molar-refractivity contribution in [2.75, 3.05) is 13.7 Å². The molecule has 1 aromatic rings. The Morgan fingerprint density at radius 2 is 2.00 bits per heavy atom. The predicted octanol–water partition coefficient (Wildman–Crippen LogP) is 1.05. The molecular formula is C14H22N2O4S. The van der Waals surface area contributed by atoms with E-state index in [-0.39, 0.29) is 16.4 Å². The Labute approximate surface area is 125 Å². The molecule has 3 N–H and O–H groups in total. The number of aryl methyl sites for hydroxylation is 1. The van der Waals surface area contributed by atoms with Crippen molar-refractivity contribution in [3.8, 4) is 0 Å². The molecule has 0 aromatic heterocycles. The second-order valence-electron chi connectivity index (χ2n) is 5.49. The van der Waals surface area contributed by atoms with Crippen LogP contribution >= 0.6 is 0 Å². The molecule has 118 valence electrons. The second-order valence-corrected chi connectivity index (χ2v) is 7.02. The number of carbonyl (C=O) groups is 1. The largest absolute Gasteiger partial charge is 0.382 e. The van der Waals surface area contributed by atoms with Crippen LogP contribution in [0.1, 0.15) is 36.7 Å². The number of ether oxygens (including phenoxy) is 1. The molecule has 1 amide bonds. The van der Waals surface area contributed by atoms with Gasteiger partial charge in [0.1, 0.15) is 0 Å². The predicted molar refractivity (Wildman–Crippen MR) is 80.6 cm³/mol. The molecule has 0 saturated carbocycles. The van der Waals surface area contributed by atoms with Crippen LogP contribution in [-0.4, -0.2) is 33.6 Å². The lowest BCUT2D eigenvalue weighted by Crippen LogP contribution is -2.46. The number of sulfonamides is 1. The molecule has 0 radical (unpaired) electrons. The van der Waals surface area contributed by atoms with Gasteiger partial charge in [-0.05, 0) is 38.0 Å². The zero-order valence-corrected chi connectivity index (χ0v) is 13.6. The van der Waals surface area contributed by atoms with Gasteiger partial charge in [-0.15, -0.1) is 0 Å². The van der Waals surface area contributed by atoms with Crippen LogP contribution in [0.4, 0.5) is 0 Å². The summed E-state index contributed by atoms with van der Waals surface area (Å²) in [6.07, 6.45) is 0.517. The summed E-state index contributed by atoms with van der Waals surface area (Å²) >= 11 is 0. The number of carbonyl (C=O) groups excluding carboxylic acids is 1. The molecule has 0 unspecified atom stereocenters. The average molecular weight is 314 g/mol. The van der Waals surface area contributed by atoms with Gasteiger partial charge in [-0.25, -0.2) is 13.6 Å². The zero-order chi connectivity index (χ0) is 16.3. The summed E-state index contributed by atoms with van der Waals surface area (Å²) in [5, 5.41) is 7.99. The van der Waals surface area contributed by atoms with Gasteiger partial charge in [0.25, 0.3) is 5.91 Å². The molecule has 0 aliphatic carbocycles. The first-order chi connectivity index (χ1) is 9.60. The lowest BCUT2D eigenvalue weighted by atomic mass is 10.0. The summed E-state index contributed by atoms with van der Waals surface area (Å²) in [5.41, 5.74) is 0.280. The first-order valence-electron chi connectivity index (χ1n) is 6.58. The van der Waals surface area contributed by atoms with Crippen LogP contribution < -0.4 is 10.5 Å². The van der Waals surface area contributed by atoms with E-state index in [2.05, 4.69) is 5.32 Å². The number of nitrogens with two attached hydrogens (primary N) is 1. The van der Waals surface area contributed by atoms with Crippen LogP contribution in [0.25, 0.3) is 0 Å². The molecule has 0 atom stereocenters.